The van der Waals surface area contributed by atoms with E-state index in [0.717, 1.165) is 24.9 Å². The fourth-order valence-corrected chi connectivity index (χ4v) is 2.58. The van der Waals surface area contributed by atoms with E-state index in [4.69, 9.17) is 4.74 Å². The maximum absolute atomic E-state index is 13.2. The van der Waals surface area contributed by atoms with Gasteiger partial charge in [-0.2, -0.15) is 0 Å². The van der Waals surface area contributed by atoms with Gasteiger partial charge in [0.1, 0.15) is 11.6 Å². The summed E-state index contributed by atoms with van der Waals surface area (Å²) < 4.78 is 18.8. The fraction of sp³-hybridized carbons (Fsp3) is 0.381. The highest BCUT2D eigenvalue weighted by Gasteiger charge is 2.28. The van der Waals surface area contributed by atoms with Crippen molar-refractivity contribution < 1.29 is 13.9 Å². The highest BCUT2D eigenvalue weighted by atomic mass is 19.1. The van der Waals surface area contributed by atoms with Gasteiger partial charge >= 0.3 is 0 Å². The average Bonchev–Trinajstić information content (AvgIpc) is 3.56. The third-order valence-electron chi connectivity index (χ3n) is 4.24. The number of nitrogens with one attached hydrogen (secondary N) is 3. The van der Waals surface area contributed by atoms with E-state index in [0.29, 0.717) is 37.2 Å². The van der Waals surface area contributed by atoms with Crippen molar-refractivity contribution in [2.24, 2.45) is 10.9 Å². The number of guanidine groups is 1. The van der Waals surface area contributed by atoms with Gasteiger partial charge in [0.05, 0.1) is 6.54 Å². The molecule has 0 bridgehead atoms. The zero-order valence-electron chi connectivity index (χ0n) is 16.5. The van der Waals surface area contributed by atoms with E-state index in [-0.39, 0.29) is 17.6 Å². The third-order valence-corrected chi connectivity index (χ3v) is 4.24. The van der Waals surface area contributed by atoms with E-state index < -0.39 is 0 Å². The number of rotatable bonds is 9. The molecule has 3 rings (SSSR count). The average molecular weight is 399 g/mol. The fourth-order valence-electron chi connectivity index (χ4n) is 2.58. The quantitative estimate of drug-likeness (QED) is 0.343. The second-order valence-corrected chi connectivity index (χ2v) is 6.75. The van der Waals surface area contributed by atoms with Gasteiger partial charge in [-0.15, -0.1) is 0 Å². The van der Waals surface area contributed by atoms with Crippen LogP contribution < -0.4 is 20.7 Å². The second kappa shape index (κ2) is 10.4. The Balaban J connectivity index is 1.47. The molecule has 1 heterocycles. The standard InChI is InChI=1S/C21H26FN5O2/c1-2-23-21(25-11-10-24-20(28)16-7-8-16)27-14-15-6-9-19(26-13-15)29-18-5-3-4-17(22)12-18/h3-6,9,12-13,16H,2,7-8,10-11,14H2,1H3,(H,24,28)(H2,23,25,27). The molecule has 3 N–H and O–H groups in total. The van der Waals surface area contributed by atoms with Crippen molar-refractivity contribution in [3.05, 3.63) is 54.0 Å². The molecule has 154 valence electrons. The van der Waals surface area contributed by atoms with Crippen LogP contribution in [0.3, 0.4) is 0 Å². The molecule has 29 heavy (non-hydrogen) atoms. The second-order valence-electron chi connectivity index (χ2n) is 6.75. The number of benzene rings is 1. The summed E-state index contributed by atoms with van der Waals surface area (Å²) in [5, 5.41) is 9.28. The number of hydrogen-bond donors (Lipinski definition) is 3. The van der Waals surface area contributed by atoms with Gasteiger partial charge < -0.3 is 20.7 Å². The molecule has 1 amide bonds. The molecule has 8 heteroatoms. The van der Waals surface area contributed by atoms with Crippen LogP contribution in [-0.2, 0) is 11.3 Å². The smallest absolute Gasteiger partial charge is 0.223 e. The molecule has 1 aromatic heterocycles. The number of aliphatic imine (C=N–C) groups is 1. The SMILES string of the molecule is CCNC(=NCc1ccc(Oc2cccc(F)c2)nc1)NCCNC(=O)C1CC1. The van der Waals surface area contributed by atoms with Crippen LogP contribution in [0.1, 0.15) is 25.3 Å². The Morgan fingerprint density at radius 2 is 2.03 bits per heavy atom. The number of carbonyl (C=O) groups excluding carboxylic acids is 1. The predicted molar refractivity (Wildman–Crippen MR) is 109 cm³/mol. The number of amides is 1. The van der Waals surface area contributed by atoms with Crippen LogP contribution in [0.15, 0.2) is 47.6 Å². The van der Waals surface area contributed by atoms with Crippen LogP contribution in [0.2, 0.25) is 0 Å². The summed E-state index contributed by atoms with van der Waals surface area (Å²) in [5.74, 6) is 1.46. The Hall–Kier alpha value is -3.16. The van der Waals surface area contributed by atoms with Crippen LogP contribution in [-0.4, -0.2) is 36.5 Å². The van der Waals surface area contributed by atoms with Crippen molar-refractivity contribution in [1.82, 2.24) is 20.9 Å². The van der Waals surface area contributed by atoms with Crippen LogP contribution in [0, 0.1) is 11.7 Å². The monoisotopic (exact) mass is 399 g/mol. The Bertz CT molecular complexity index is 837. The molecule has 1 aliphatic carbocycles. The Kier molecular flexibility index (Phi) is 7.38. The van der Waals surface area contributed by atoms with Gasteiger partial charge in [0.25, 0.3) is 0 Å². The first kappa shape index (κ1) is 20.6. The molecule has 0 unspecified atom stereocenters. The number of halogens is 1. The molecule has 1 aliphatic rings. The number of pyridine rings is 1. The zero-order chi connectivity index (χ0) is 20.5. The normalized spacial score (nSPS) is 13.7. The number of hydrogen-bond acceptors (Lipinski definition) is 4. The van der Waals surface area contributed by atoms with Crippen molar-refractivity contribution in [1.29, 1.82) is 0 Å². The van der Waals surface area contributed by atoms with Gasteiger partial charge in [-0.05, 0) is 37.5 Å². The molecule has 0 spiro atoms. The number of nitrogens with zero attached hydrogens (tertiary/aromatic N) is 2. The van der Waals surface area contributed by atoms with Crippen LogP contribution >= 0.6 is 0 Å². The lowest BCUT2D eigenvalue weighted by Gasteiger charge is -2.12. The van der Waals surface area contributed by atoms with E-state index in [9.17, 15) is 9.18 Å². The summed E-state index contributed by atoms with van der Waals surface area (Å²) in [6, 6.07) is 9.51. The van der Waals surface area contributed by atoms with Crippen LogP contribution in [0.25, 0.3) is 0 Å². The van der Waals surface area contributed by atoms with E-state index in [1.807, 2.05) is 13.0 Å². The molecule has 0 aliphatic heterocycles. The first-order valence-electron chi connectivity index (χ1n) is 9.82. The highest BCUT2D eigenvalue weighted by Crippen LogP contribution is 2.28. The van der Waals surface area contributed by atoms with Gasteiger partial charge in [0.2, 0.25) is 11.8 Å². The van der Waals surface area contributed by atoms with Crippen LogP contribution in [0.4, 0.5) is 4.39 Å². The van der Waals surface area contributed by atoms with Gasteiger partial charge in [0.15, 0.2) is 5.96 Å². The van der Waals surface area contributed by atoms with Gasteiger partial charge in [0, 0.05) is 43.9 Å². The summed E-state index contributed by atoms with van der Waals surface area (Å²) in [5.41, 5.74) is 0.913. The highest BCUT2D eigenvalue weighted by molar-refractivity contribution is 5.81. The Labute approximate surface area is 169 Å². The molecular weight excluding hydrogens is 373 g/mol. The van der Waals surface area contributed by atoms with Crippen molar-refractivity contribution in [3.8, 4) is 11.6 Å². The minimum Gasteiger partial charge on any atom is -0.439 e. The van der Waals surface area contributed by atoms with Crippen molar-refractivity contribution in [2.45, 2.75) is 26.3 Å². The molecule has 0 atom stereocenters. The summed E-state index contributed by atoms with van der Waals surface area (Å²) >= 11 is 0. The Morgan fingerprint density at radius 3 is 2.72 bits per heavy atom. The lowest BCUT2D eigenvalue weighted by Crippen LogP contribution is -2.41. The zero-order valence-corrected chi connectivity index (χ0v) is 16.5. The van der Waals surface area contributed by atoms with Gasteiger partial charge in [-0.1, -0.05) is 12.1 Å². The third kappa shape index (κ3) is 7.06. The van der Waals surface area contributed by atoms with Crippen molar-refractivity contribution in [2.75, 3.05) is 19.6 Å². The minimum atomic E-state index is -0.357. The van der Waals surface area contributed by atoms with Gasteiger partial charge in [-0.3, -0.25) is 4.79 Å². The molecule has 2 aromatic rings. The number of carbonyl (C=O) groups is 1. The summed E-state index contributed by atoms with van der Waals surface area (Å²) in [4.78, 5) is 20.4. The topological polar surface area (TPSA) is 87.6 Å². The maximum Gasteiger partial charge on any atom is 0.223 e. The number of aromatic nitrogens is 1. The van der Waals surface area contributed by atoms with Crippen molar-refractivity contribution in [3.63, 3.8) is 0 Å². The summed E-state index contributed by atoms with van der Waals surface area (Å²) in [7, 11) is 0. The number of ether oxygens (including phenoxy) is 1. The molecule has 7 nitrogen and oxygen atoms in total. The lowest BCUT2D eigenvalue weighted by molar-refractivity contribution is -0.122. The summed E-state index contributed by atoms with van der Waals surface area (Å²) in [6.07, 6.45) is 3.68. The molecule has 0 radical (unpaired) electrons. The predicted octanol–water partition coefficient (Wildman–Crippen LogP) is 2.59. The summed E-state index contributed by atoms with van der Waals surface area (Å²) in [6.45, 7) is 4.33. The van der Waals surface area contributed by atoms with Crippen LogP contribution in [0.5, 0.6) is 11.6 Å². The van der Waals surface area contributed by atoms with Crippen molar-refractivity contribution >= 4 is 11.9 Å². The minimum absolute atomic E-state index is 0.139. The molecule has 1 fully saturated rings. The molecule has 1 aromatic carbocycles. The first-order chi connectivity index (χ1) is 14.1. The van der Waals surface area contributed by atoms with E-state index in [2.05, 4.69) is 25.9 Å². The molecular formula is C21H26FN5O2. The molecule has 1 saturated carbocycles. The lowest BCUT2D eigenvalue weighted by atomic mass is 10.3. The maximum atomic E-state index is 13.2. The van der Waals surface area contributed by atoms with E-state index in [1.165, 1.54) is 12.1 Å². The van der Waals surface area contributed by atoms with Gasteiger partial charge in [-0.25, -0.2) is 14.4 Å². The first-order valence-corrected chi connectivity index (χ1v) is 9.82. The van der Waals surface area contributed by atoms with E-state index in [1.54, 1.807) is 24.4 Å². The Morgan fingerprint density at radius 1 is 1.21 bits per heavy atom. The largest absolute Gasteiger partial charge is 0.439 e. The molecule has 0 saturated heterocycles. The van der Waals surface area contributed by atoms with E-state index >= 15 is 0 Å².